The molecule has 5 atom stereocenters. The molecule has 2 amide bonds. The number of nitrogens with zero attached hydrogens (tertiary/aromatic N) is 3. The van der Waals surface area contributed by atoms with Crippen LogP contribution in [0.15, 0.2) is 48.5 Å². The summed E-state index contributed by atoms with van der Waals surface area (Å²) in [7, 11) is 4.42. The summed E-state index contributed by atoms with van der Waals surface area (Å²) in [5.74, 6) is -1.13. The predicted octanol–water partition coefficient (Wildman–Crippen LogP) is 5.16. The van der Waals surface area contributed by atoms with Crippen LogP contribution in [0.3, 0.4) is 0 Å². The largest absolute Gasteiger partial charge is 0.499 e. The quantitative estimate of drug-likeness (QED) is 0.260. The van der Waals surface area contributed by atoms with E-state index in [9.17, 15) is 31.5 Å². The average Bonchev–Trinajstić information content (AvgIpc) is 3.81. The molecular weight excluding hydrogens is 653 g/mol. The summed E-state index contributed by atoms with van der Waals surface area (Å²) in [6, 6.07) is 10.4. The molecule has 0 radical (unpaired) electrons. The number of carbonyl (C=O) groups is 2. The number of benzene rings is 2. The Morgan fingerprint density at radius 3 is 2.06 bits per heavy atom. The number of halogens is 5. The standard InChI is InChI=1S/C30H32F5N5O8/c1-15-21(43-2)22(44-3)23(45-4)26(46-15)47-28(42)36-18-9-7-16(8-10-18)24-37-27(38-25(41)17-5-6-17)40(39-24)19-11-13-20(14-12-19)48-30(34,35)29(31,32)33/h7-15,17,21-23,26H,5-6H2,1-4H3,(H,36,42)(H,37,38,39,41)/t15-,21-,22+,23+,26-/m0/s1. The number of nitrogens with one attached hydrogen (secondary N) is 2. The molecule has 5 rings (SSSR count). The Morgan fingerprint density at radius 1 is 0.875 bits per heavy atom. The lowest BCUT2D eigenvalue weighted by atomic mass is 9.99. The van der Waals surface area contributed by atoms with Crippen molar-refractivity contribution < 1.29 is 60.0 Å². The monoisotopic (exact) mass is 685 g/mol. The summed E-state index contributed by atoms with van der Waals surface area (Å²) in [6.07, 6.45) is -14.1. The van der Waals surface area contributed by atoms with Crippen molar-refractivity contribution in [1.82, 2.24) is 14.8 Å². The van der Waals surface area contributed by atoms with Crippen LogP contribution in [0.5, 0.6) is 5.75 Å². The maximum Gasteiger partial charge on any atom is 0.499 e. The Labute approximate surface area is 270 Å². The second-order valence-electron chi connectivity index (χ2n) is 11.0. The van der Waals surface area contributed by atoms with Crippen LogP contribution < -0.4 is 15.4 Å². The minimum atomic E-state index is -5.91. The minimum absolute atomic E-state index is 0.0125. The topological polar surface area (TPSA) is 144 Å². The van der Waals surface area contributed by atoms with Crippen LogP contribution in [0.1, 0.15) is 19.8 Å². The van der Waals surface area contributed by atoms with Gasteiger partial charge in [0.15, 0.2) is 5.82 Å². The first-order valence-electron chi connectivity index (χ1n) is 14.6. The molecule has 3 aromatic rings. The van der Waals surface area contributed by atoms with Gasteiger partial charge in [0.1, 0.15) is 24.1 Å². The van der Waals surface area contributed by atoms with Crippen LogP contribution in [-0.4, -0.2) is 91.1 Å². The van der Waals surface area contributed by atoms with E-state index in [4.69, 9.17) is 23.7 Å². The van der Waals surface area contributed by atoms with Gasteiger partial charge in [-0.15, -0.1) is 5.10 Å². The lowest BCUT2D eigenvalue weighted by Crippen LogP contribution is -2.59. The number of ether oxygens (including phenoxy) is 6. The minimum Gasteiger partial charge on any atom is -0.426 e. The van der Waals surface area contributed by atoms with E-state index in [1.807, 2.05) is 0 Å². The van der Waals surface area contributed by atoms with Gasteiger partial charge in [-0.05, 0) is 68.3 Å². The van der Waals surface area contributed by atoms with E-state index in [0.29, 0.717) is 24.1 Å². The highest BCUT2D eigenvalue weighted by Gasteiger charge is 2.61. The Kier molecular flexibility index (Phi) is 10.2. The van der Waals surface area contributed by atoms with Gasteiger partial charge in [0.25, 0.3) is 0 Å². The molecule has 1 aliphatic carbocycles. The van der Waals surface area contributed by atoms with Crippen molar-refractivity contribution >= 4 is 23.6 Å². The van der Waals surface area contributed by atoms with Gasteiger partial charge in [-0.3, -0.25) is 15.4 Å². The van der Waals surface area contributed by atoms with Crippen LogP contribution in [-0.2, 0) is 28.5 Å². The molecule has 1 saturated heterocycles. The first-order valence-corrected chi connectivity index (χ1v) is 14.6. The van der Waals surface area contributed by atoms with Gasteiger partial charge in [0, 0.05) is 38.5 Å². The summed E-state index contributed by atoms with van der Waals surface area (Å²) in [6.45, 7) is 1.75. The molecule has 18 heteroatoms. The Bertz CT molecular complexity index is 1580. The summed E-state index contributed by atoms with van der Waals surface area (Å²) in [5, 5.41) is 9.68. The van der Waals surface area contributed by atoms with Crippen molar-refractivity contribution in [2.75, 3.05) is 32.0 Å². The van der Waals surface area contributed by atoms with Gasteiger partial charge < -0.3 is 28.4 Å². The third kappa shape index (κ3) is 7.67. The SMILES string of the molecule is CO[C@@H]1[C@@H](OC)[C@H](C)O[C@@H](OC(=O)Nc2ccc(-c3nc(NC(=O)C4CC4)n(-c4ccc(OC(F)(F)C(F)(F)F)cc4)n3)cc2)[C@@H]1OC. The number of carbonyl (C=O) groups excluding carboxylic acids is 2. The van der Waals surface area contributed by atoms with Gasteiger partial charge in [-0.25, -0.2) is 4.79 Å². The van der Waals surface area contributed by atoms with E-state index in [0.717, 1.165) is 12.1 Å². The van der Waals surface area contributed by atoms with Gasteiger partial charge in [-0.2, -0.15) is 31.6 Å². The molecule has 1 saturated carbocycles. The van der Waals surface area contributed by atoms with Crippen LogP contribution in [0.25, 0.3) is 17.1 Å². The van der Waals surface area contributed by atoms with Crippen LogP contribution in [0.2, 0.25) is 0 Å². The number of methoxy groups -OCH3 is 3. The molecule has 1 aliphatic heterocycles. The third-order valence-electron chi connectivity index (χ3n) is 7.60. The first-order chi connectivity index (χ1) is 22.7. The molecule has 0 bridgehead atoms. The number of alkyl halides is 5. The maximum atomic E-state index is 13.3. The molecule has 1 aromatic heterocycles. The third-order valence-corrected chi connectivity index (χ3v) is 7.60. The molecule has 2 aliphatic rings. The first kappa shape index (κ1) is 34.9. The summed E-state index contributed by atoms with van der Waals surface area (Å²) in [5.41, 5.74) is 0.981. The molecule has 0 unspecified atom stereocenters. The Morgan fingerprint density at radius 2 is 1.50 bits per heavy atom. The summed E-state index contributed by atoms with van der Waals surface area (Å²) in [4.78, 5) is 29.7. The number of hydrogen-bond donors (Lipinski definition) is 2. The van der Waals surface area contributed by atoms with Crippen molar-refractivity contribution in [2.45, 2.75) is 62.8 Å². The fourth-order valence-electron chi connectivity index (χ4n) is 4.98. The van der Waals surface area contributed by atoms with Crippen LogP contribution in [0, 0.1) is 5.92 Å². The van der Waals surface area contributed by atoms with Crippen LogP contribution in [0.4, 0.5) is 38.4 Å². The van der Waals surface area contributed by atoms with Crippen molar-refractivity contribution in [3.63, 3.8) is 0 Å². The number of aromatic nitrogens is 3. The van der Waals surface area contributed by atoms with E-state index in [1.54, 1.807) is 31.2 Å². The molecule has 48 heavy (non-hydrogen) atoms. The maximum absolute atomic E-state index is 13.3. The smallest absolute Gasteiger partial charge is 0.426 e. The molecule has 2 aromatic carbocycles. The highest BCUT2D eigenvalue weighted by molar-refractivity contribution is 5.93. The van der Waals surface area contributed by atoms with Gasteiger partial charge >= 0.3 is 18.4 Å². The number of amides is 2. The van der Waals surface area contributed by atoms with E-state index in [-0.39, 0.29) is 29.3 Å². The Balaban J connectivity index is 1.30. The van der Waals surface area contributed by atoms with Crippen molar-refractivity contribution in [1.29, 1.82) is 0 Å². The van der Waals surface area contributed by atoms with Crippen molar-refractivity contribution in [3.05, 3.63) is 48.5 Å². The van der Waals surface area contributed by atoms with Gasteiger partial charge in [0.2, 0.25) is 18.1 Å². The van der Waals surface area contributed by atoms with E-state index in [1.165, 1.54) is 38.1 Å². The zero-order chi connectivity index (χ0) is 34.8. The predicted molar refractivity (Wildman–Crippen MR) is 157 cm³/mol. The fourth-order valence-corrected chi connectivity index (χ4v) is 4.98. The van der Waals surface area contributed by atoms with Crippen molar-refractivity contribution in [3.8, 4) is 22.8 Å². The molecule has 260 valence electrons. The summed E-state index contributed by atoms with van der Waals surface area (Å²) >= 11 is 0. The molecular formula is C30H32F5N5O8. The number of rotatable bonds is 11. The zero-order valence-corrected chi connectivity index (χ0v) is 26.0. The number of anilines is 2. The van der Waals surface area contributed by atoms with Gasteiger partial charge in [0.05, 0.1) is 11.8 Å². The van der Waals surface area contributed by atoms with E-state index < -0.39 is 54.8 Å². The summed E-state index contributed by atoms with van der Waals surface area (Å²) < 4.78 is 97.1. The molecule has 2 N–H and O–H groups in total. The lowest BCUT2D eigenvalue weighted by Gasteiger charge is -2.43. The molecule has 13 nitrogen and oxygen atoms in total. The van der Waals surface area contributed by atoms with Crippen LogP contribution >= 0.6 is 0 Å². The van der Waals surface area contributed by atoms with Crippen molar-refractivity contribution in [2.24, 2.45) is 5.92 Å². The Hall–Kier alpha value is -4.39. The fraction of sp³-hybridized carbons (Fsp3) is 0.467. The van der Waals surface area contributed by atoms with E-state index in [2.05, 4.69) is 25.5 Å². The van der Waals surface area contributed by atoms with E-state index >= 15 is 0 Å². The molecule has 2 heterocycles. The zero-order valence-electron chi connectivity index (χ0n) is 26.0. The highest BCUT2D eigenvalue weighted by Crippen LogP contribution is 2.38. The average molecular weight is 686 g/mol. The molecule has 2 fully saturated rings. The molecule has 0 spiro atoms. The second kappa shape index (κ2) is 14.0. The highest BCUT2D eigenvalue weighted by atomic mass is 19.4. The van der Waals surface area contributed by atoms with Gasteiger partial charge in [-0.1, -0.05) is 0 Å². The normalized spacial score (nSPS) is 23.0. The lowest BCUT2D eigenvalue weighted by molar-refractivity contribution is -0.360. The number of hydrogen-bond acceptors (Lipinski definition) is 10. The second-order valence-corrected chi connectivity index (χ2v) is 11.0.